The molecule has 0 fully saturated rings. The van der Waals surface area contributed by atoms with Crippen LogP contribution in [0, 0.1) is 23.7 Å². The second-order valence-electron chi connectivity index (χ2n) is 11.8. The number of methoxy groups -OCH3 is 2. The number of hydrogen-bond donors (Lipinski definition) is 2. The predicted molar refractivity (Wildman–Crippen MR) is 206 cm³/mol. The molecule has 12 heteroatoms. The summed E-state index contributed by atoms with van der Waals surface area (Å²) in [6.45, 7) is 0.731. The second kappa shape index (κ2) is 21.9. The van der Waals surface area contributed by atoms with Gasteiger partial charge in [-0.2, -0.15) is 0 Å². The molecule has 2 N–H and O–H groups in total. The van der Waals surface area contributed by atoms with Crippen LogP contribution < -0.4 is 14.2 Å². The van der Waals surface area contributed by atoms with Gasteiger partial charge in [0.15, 0.2) is 11.5 Å². The van der Waals surface area contributed by atoms with E-state index in [4.69, 9.17) is 19.7 Å². The Bertz CT molecular complexity index is 2040. The Balaban J connectivity index is 0.000000296. The van der Waals surface area contributed by atoms with E-state index in [0.717, 1.165) is 22.3 Å². The molecule has 0 atom stereocenters. The molecular formula is C43H41F3N2O7. The number of aliphatic carboxylic acids is 2. The largest absolute Gasteiger partial charge is 0.573 e. The SMILES string of the molecule is CN(CC=C(C#Cc1ccc(OC(F)(F)F)cc1)c1ccccc1)CC(=O)O.COc1ccc(C#CC(=CCN(C)CC(=O)O)c2ccccc2)cc1OC. The van der Waals surface area contributed by atoms with Crippen LogP contribution in [0.4, 0.5) is 13.2 Å². The number of hydrogen-bond acceptors (Lipinski definition) is 7. The maximum atomic E-state index is 12.2. The maximum Gasteiger partial charge on any atom is 0.573 e. The van der Waals surface area contributed by atoms with Gasteiger partial charge in [-0.1, -0.05) is 96.5 Å². The van der Waals surface area contributed by atoms with Crippen molar-refractivity contribution in [3.8, 4) is 40.9 Å². The zero-order chi connectivity index (χ0) is 40.2. The molecule has 0 aromatic heterocycles. The van der Waals surface area contributed by atoms with E-state index in [1.54, 1.807) is 38.1 Å². The molecule has 0 saturated carbocycles. The molecule has 4 aromatic rings. The first kappa shape index (κ1) is 42.9. The quantitative estimate of drug-likeness (QED) is 0.137. The highest BCUT2D eigenvalue weighted by atomic mass is 19.4. The Morgan fingerprint density at radius 3 is 1.51 bits per heavy atom. The Morgan fingerprint density at radius 1 is 0.655 bits per heavy atom. The van der Waals surface area contributed by atoms with Crippen LogP contribution in [0.5, 0.6) is 17.2 Å². The molecule has 0 aliphatic rings. The van der Waals surface area contributed by atoms with Crippen molar-refractivity contribution in [2.45, 2.75) is 6.36 Å². The third-order valence-corrected chi connectivity index (χ3v) is 7.35. The van der Waals surface area contributed by atoms with Crippen LogP contribution in [0.25, 0.3) is 11.1 Å². The maximum absolute atomic E-state index is 12.2. The van der Waals surface area contributed by atoms with Gasteiger partial charge in [0.2, 0.25) is 0 Å². The summed E-state index contributed by atoms with van der Waals surface area (Å²) in [4.78, 5) is 24.9. The van der Waals surface area contributed by atoms with Crippen molar-refractivity contribution in [1.29, 1.82) is 0 Å². The van der Waals surface area contributed by atoms with Crippen LogP contribution in [0.15, 0.2) is 115 Å². The Morgan fingerprint density at radius 2 is 1.09 bits per heavy atom. The minimum atomic E-state index is -4.74. The molecule has 0 unspecified atom stereocenters. The number of alkyl halides is 3. The summed E-state index contributed by atoms with van der Waals surface area (Å²) in [5.74, 6) is 11.4. The zero-order valence-corrected chi connectivity index (χ0v) is 30.8. The summed E-state index contributed by atoms with van der Waals surface area (Å²) in [7, 11) is 6.62. The first-order valence-electron chi connectivity index (χ1n) is 16.7. The molecule has 9 nitrogen and oxygen atoms in total. The van der Waals surface area contributed by atoms with Gasteiger partial charge in [0.1, 0.15) is 5.75 Å². The molecule has 55 heavy (non-hydrogen) atoms. The lowest BCUT2D eigenvalue weighted by molar-refractivity contribution is -0.274. The number of likely N-dealkylation sites (N-methyl/N-ethyl adjacent to an activating group) is 2. The Kier molecular flexibility index (Phi) is 17.1. The number of carbonyl (C=O) groups is 2. The van der Waals surface area contributed by atoms with Gasteiger partial charge in [-0.05, 0) is 67.7 Å². The summed E-state index contributed by atoms with van der Waals surface area (Å²) in [5, 5.41) is 17.7. The van der Waals surface area contributed by atoms with Gasteiger partial charge in [0.25, 0.3) is 0 Å². The van der Waals surface area contributed by atoms with Crippen molar-refractivity contribution < 1.29 is 47.2 Å². The fraction of sp³-hybridized carbons (Fsp3) is 0.209. The van der Waals surface area contributed by atoms with Crippen molar-refractivity contribution in [2.24, 2.45) is 0 Å². The summed E-state index contributed by atoms with van der Waals surface area (Å²) < 4.78 is 51.0. The summed E-state index contributed by atoms with van der Waals surface area (Å²) in [6.07, 6.45) is -0.989. The molecule has 0 heterocycles. The molecule has 0 bridgehead atoms. The number of allylic oxidation sites excluding steroid dienone is 2. The third-order valence-electron chi connectivity index (χ3n) is 7.35. The average Bonchev–Trinajstić information content (AvgIpc) is 3.15. The van der Waals surface area contributed by atoms with Crippen molar-refractivity contribution in [1.82, 2.24) is 9.80 Å². The number of carboxylic acid groups (broad SMARTS) is 2. The van der Waals surface area contributed by atoms with Crippen LogP contribution in [0.3, 0.4) is 0 Å². The smallest absolute Gasteiger partial charge is 0.493 e. The number of ether oxygens (including phenoxy) is 3. The van der Waals surface area contributed by atoms with Gasteiger partial charge in [0, 0.05) is 35.4 Å². The minimum Gasteiger partial charge on any atom is -0.493 e. The molecule has 4 rings (SSSR count). The van der Waals surface area contributed by atoms with E-state index in [9.17, 15) is 22.8 Å². The van der Waals surface area contributed by atoms with Crippen molar-refractivity contribution in [3.05, 3.63) is 138 Å². The van der Waals surface area contributed by atoms with E-state index in [1.165, 1.54) is 24.3 Å². The van der Waals surface area contributed by atoms with Gasteiger partial charge < -0.3 is 24.4 Å². The monoisotopic (exact) mass is 754 g/mol. The first-order chi connectivity index (χ1) is 26.3. The molecule has 0 radical (unpaired) electrons. The zero-order valence-electron chi connectivity index (χ0n) is 30.8. The van der Waals surface area contributed by atoms with E-state index in [-0.39, 0.29) is 18.8 Å². The summed E-state index contributed by atoms with van der Waals surface area (Å²) in [6, 6.07) is 29.9. The first-order valence-corrected chi connectivity index (χ1v) is 16.7. The van der Waals surface area contributed by atoms with E-state index >= 15 is 0 Å². The fourth-order valence-electron chi connectivity index (χ4n) is 4.74. The molecule has 0 aliphatic carbocycles. The fourth-order valence-corrected chi connectivity index (χ4v) is 4.74. The molecule has 4 aromatic carbocycles. The molecule has 0 aliphatic heterocycles. The number of carboxylic acids is 2. The Hall–Kier alpha value is -6.47. The van der Waals surface area contributed by atoms with Gasteiger partial charge in [-0.15, -0.1) is 13.2 Å². The lowest BCUT2D eigenvalue weighted by Crippen LogP contribution is -2.25. The van der Waals surface area contributed by atoms with Crippen molar-refractivity contribution in [3.63, 3.8) is 0 Å². The molecule has 0 spiro atoms. The predicted octanol–water partition coefficient (Wildman–Crippen LogP) is 7.19. The third kappa shape index (κ3) is 16.4. The van der Waals surface area contributed by atoms with E-state index < -0.39 is 18.3 Å². The highest BCUT2D eigenvalue weighted by Gasteiger charge is 2.30. The van der Waals surface area contributed by atoms with E-state index in [1.807, 2.05) is 91.0 Å². The summed E-state index contributed by atoms with van der Waals surface area (Å²) >= 11 is 0. The lowest BCUT2D eigenvalue weighted by Gasteiger charge is -2.11. The summed E-state index contributed by atoms with van der Waals surface area (Å²) in [5.41, 5.74) is 4.68. The molecular weight excluding hydrogens is 713 g/mol. The van der Waals surface area contributed by atoms with Crippen LogP contribution in [-0.4, -0.2) is 92.8 Å². The number of benzene rings is 4. The standard InChI is InChI=1S/C22H23NO4.C21H18F3NO3/c1-23(16-22(24)25)14-13-19(18-7-5-4-6-8-18)11-9-17-10-12-20(26-2)21(15-17)27-3;1-25(15-20(26)27)14-13-18(17-5-3-2-4-6-17)10-7-16-8-11-19(12-9-16)28-21(22,23)24/h4-8,10,12-13,15H,14,16H2,1-3H3,(H,24,25);2-6,8-9,11-13H,14-15H2,1H3,(H,26,27). The highest BCUT2D eigenvalue weighted by Crippen LogP contribution is 2.27. The molecule has 286 valence electrons. The van der Waals surface area contributed by atoms with Crippen LogP contribution >= 0.6 is 0 Å². The van der Waals surface area contributed by atoms with Crippen LogP contribution in [0.2, 0.25) is 0 Å². The molecule has 0 saturated heterocycles. The van der Waals surface area contributed by atoms with E-state index in [2.05, 4.69) is 28.4 Å². The highest BCUT2D eigenvalue weighted by molar-refractivity contribution is 5.81. The lowest BCUT2D eigenvalue weighted by atomic mass is 10.1. The molecule has 0 amide bonds. The van der Waals surface area contributed by atoms with Crippen LogP contribution in [-0.2, 0) is 9.59 Å². The normalized spacial score (nSPS) is 11.3. The van der Waals surface area contributed by atoms with E-state index in [0.29, 0.717) is 35.7 Å². The van der Waals surface area contributed by atoms with Crippen molar-refractivity contribution >= 4 is 23.1 Å². The Labute approximate surface area is 318 Å². The van der Waals surface area contributed by atoms with Crippen LogP contribution in [0.1, 0.15) is 22.3 Å². The number of rotatable bonds is 13. The topological polar surface area (TPSA) is 109 Å². The van der Waals surface area contributed by atoms with Gasteiger partial charge in [0.05, 0.1) is 27.3 Å². The minimum absolute atomic E-state index is 0.0261. The number of halogens is 3. The number of nitrogens with zero attached hydrogens (tertiary/aromatic N) is 2. The average molecular weight is 755 g/mol. The van der Waals surface area contributed by atoms with Gasteiger partial charge >= 0.3 is 18.3 Å². The second-order valence-corrected chi connectivity index (χ2v) is 11.8. The van der Waals surface area contributed by atoms with Gasteiger partial charge in [-0.3, -0.25) is 19.4 Å². The van der Waals surface area contributed by atoms with Gasteiger partial charge in [-0.25, -0.2) is 0 Å². The van der Waals surface area contributed by atoms with Crippen molar-refractivity contribution in [2.75, 3.05) is 54.5 Å².